The number of hydrogen-bond donors (Lipinski definition) is 2. The van der Waals surface area contributed by atoms with Gasteiger partial charge in [0.25, 0.3) is 5.56 Å². The molecule has 0 aromatic carbocycles. The fourth-order valence-corrected chi connectivity index (χ4v) is 2.42. The van der Waals surface area contributed by atoms with Gasteiger partial charge in [-0.3, -0.25) is 19.6 Å². The maximum Gasteiger partial charge on any atom is 0.328 e. The summed E-state index contributed by atoms with van der Waals surface area (Å²) in [6, 6.07) is 4.97. The molecule has 0 aliphatic heterocycles. The monoisotopic (exact) mass is 330 g/mol. The fraction of sp³-hybridized carbons (Fsp3) is 0.412. The minimum absolute atomic E-state index is 0.0848. The molecule has 0 spiro atoms. The maximum absolute atomic E-state index is 12.2. The van der Waals surface area contributed by atoms with Crippen molar-refractivity contribution in [3.63, 3.8) is 0 Å². The van der Waals surface area contributed by atoms with Crippen LogP contribution in [0.2, 0.25) is 0 Å². The standard InChI is InChI=1S/C17H22N4O3/c1-2-3-6-14(13-5-4-9-18-12-13)19-15(22)7-10-21-11-8-16(23)20-17(21)24/h4-5,8-9,11-12,14H,2-3,6-7,10H2,1H3,(H,19,22)(H,20,23,24). The van der Waals surface area contributed by atoms with E-state index in [4.69, 9.17) is 0 Å². The molecule has 0 saturated heterocycles. The van der Waals surface area contributed by atoms with Gasteiger partial charge in [-0.25, -0.2) is 4.79 Å². The summed E-state index contributed by atoms with van der Waals surface area (Å²) in [5.41, 5.74) is 0.0162. The van der Waals surface area contributed by atoms with Crippen molar-refractivity contribution in [3.05, 3.63) is 63.2 Å². The predicted molar refractivity (Wildman–Crippen MR) is 90.6 cm³/mol. The number of rotatable bonds is 8. The number of amides is 1. The van der Waals surface area contributed by atoms with Crippen LogP contribution in [-0.4, -0.2) is 20.4 Å². The molecule has 0 saturated carbocycles. The van der Waals surface area contributed by atoms with Gasteiger partial charge < -0.3 is 9.88 Å². The topological polar surface area (TPSA) is 96.9 Å². The van der Waals surface area contributed by atoms with E-state index in [1.807, 2.05) is 12.1 Å². The number of unbranched alkanes of at least 4 members (excludes halogenated alkanes) is 1. The zero-order valence-electron chi connectivity index (χ0n) is 13.7. The van der Waals surface area contributed by atoms with Crippen molar-refractivity contribution in [2.75, 3.05) is 0 Å². The lowest BCUT2D eigenvalue weighted by atomic mass is 10.0. The Labute approximate surface area is 139 Å². The van der Waals surface area contributed by atoms with Crippen molar-refractivity contribution in [2.45, 2.75) is 45.2 Å². The van der Waals surface area contributed by atoms with Crippen LogP contribution in [-0.2, 0) is 11.3 Å². The molecule has 7 nitrogen and oxygen atoms in total. The lowest BCUT2D eigenvalue weighted by Crippen LogP contribution is -2.32. The smallest absolute Gasteiger partial charge is 0.328 e. The molecule has 1 amide bonds. The molecule has 1 atom stereocenters. The first-order valence-electron chi connectivity index (χ1n) is 8.09. The van der Waals surface area contributed by atoms with Gasteiger partial charge in [-0.05, 0) is 18.1 Å². The summed E-state index contributed by atoms with van der Waals surface area (Å²) in [5.74, 6) is -0.141. The normalized spacial score (nSPS) is 11.9. The summed E-state index contributed by atoms with van der Waals surface area (Å²) in [6.45, 7) is 2.32. The van der Waals surface area contributed by atoms with Crippen molar-refractivity contribution >= 4 is 5.91 Å². The van der Waals surface area contributed by atoms with E-state index in [2.05, 4.69) is 22.2 Å². The number of hydrogen-bond acceptors (Lipinski definition) is 4. The second-order valence-corrected chi connectivity index (χ2v) is 5.60. The summed E-state index contributed by atoms with van der Waals surface area (Å²) in [7, 11) is 0. The summed E-state index contributed by atoms with van der Waals surface area (Å²) in [4.78, 5) is 41.1. The second-order valence-electron chi connectivity index (χ2n) is 5.60. The van der Waals surface area contributed by atoms with Gasteiger partial charge >= 0.3 is 5.69 Å². The molecule has 0 radical (unpaired) electrons. The Morgan fingerprint density at radius 3 is 2.88 bits per heavy atom. The number of nitrogens with one attached hydrogen (secondary N) is 2. The highest BCUT2D eigenvalue weighted by Gasteiger charge is 2.14. The number of nitrogens with zero attached hydrogens (tertiary/aromatic N) is 2. The first kappa shape index (κ1) is 17.7. The van der Waals surface area contributed by atoms with Crippen LogP contribution < -0.4 is 16.6 Å². The molecular formula is C17H22N4O3. The van der Waals surface area contributed by atoms with Gasteiger partial charge in [0.2, 0.25) is 5.91 Å². The van der Waals surface area contributed by atoms with Crippen molar-refractivity contribution in [1.29, 1.82) is 0 Å². The molecule has 7 heteroatoms. The average molecular weight is 330 g/mol. The SMILES string of the molecule is CCCCC(NC(=O)CCn1ccc(=O)[nH]c1=O)c1cccnc1. The Morgan fingerprint density at radius 1 is 1.38 bits per heavy atom. The molecule has 0 aliphatic carbocycles. The first-order chi connectivity index (χ1) is 11.6. The Hall–Kier alpha value is -2.70. The van der Waals surface area contributed by atoms with Gasteiger partial charge in [0.15, 0.2) is 0 Å². The summed E-state index contributed by atoms with van der Waals surface area (Å²) in [5, 5.41) is 3.00. The lowest BCUT2D eigenvalue weighted by Gasteiger charge is -2.19. The van der Waals surface area contributed by atoms with E-state index >= 15 is 0 Å². The molecule has 0 bridgehead atoms. The molecule has 2 aromatic rings. The highest BCUT2D eigenvalue weighted by molar-refractivity contribution is 5.76. The van der Waals surface area contributed by atoms with E-state index in [-0.39, 0.29) is 24.9 Å². The highest BCUT2D eigenvalue weighted by atomic mass is 16.2. The summed E-state index contributed by atoms with van der Waals surface area (Å²) in [6.07, 6.45) is 7.89. The van der Waals surface area contributed by atoms with Crippen LogP contribution in [0.15, 0.2) is 46.4 Å². The fourth-order valence-electron chi connectivity index (χ4n) is 2.42. The van der Waals surface area contributed by atoms with Gasteiger partial charge in [0, 0.05) is 37.6 Å². The molecule has 0 aliphatic rings. The third-order valence-electron chi connectivity index (χ3n) is 3.74. The molecule has 128 valence electrons. The third kappa shape index (κ3) is 5.19. The Kier molecular flexibility index (Phi) is 6.48. The number of aromatic nitrogens is 3. The van der Waals surface area contributed by atoms with Gasteiger partial charge in [-0.15, -0.1) is 0 Å². The largest absolute Gasteiger partial charge is 0.349 e. The van der Waals surface area contributed by atoms with E-state index in [0.717, 1.165) is 24.8 Å². The molecule has 1 unspecified atom stereocenters. The predicted octanol–water partition coefficient (Wildman–Crippen LogP) is 1.37. The van der Waals surface area contributed by atoms with Crippen LogP contribution >= 0.6 is 0 Å². The zero-order valence-corrected chi connectivity index (χ0v) is 13.7. The van der Waals surface area contributed by atoms with E-state index in [1.54, 1.807) is 12.4 Å². The molecule has 2 rings (SSSR count). The number of H-pyrrole nitrogens is 1. The molecule has 2 aromatic heterocycles. The van der Waals surface area contributed by atoms with Crippen molar-refractivity contribution < 1.29 is 4.79 Å². The quantitative estimate of drug-likeness (QED) is 0.764. The van der Waals surface area contributed by atoms with E-state index < -0.39 is 11.2 Å². The minimum Gasteiger partial charge on any atom is -0.349 e. The number of aromatic amines is 1. The van der Waals surface area contributed by atoms with Gasteiger partial charge in [-0.2, -0.15) is 0 Å². The lowest BCUT2D eigenvalue weighted by molar-refractivity contribution is -0.122. The summed E-state index contributed by atoms with van der Waals surface area (Å²) < 4.78 is 1.31. The summed E-state index contributed by atoms with van der Waals surface area (Å²) >= 11 is 0. The van der Waals surface area contributed by atoms with Gasteiger partial charge in [0.1, 0.15) is 0 Å². The number of carbonyl (C=O) groups excluding carboxylic acids is 1. The molecule has 0 fully saturated rings. The van der Waals surface area contributed by atoms with E-state index in [9.17, 15) is 14.4 Å². The van der Waals surface area contributed by atoms with Crippen LogP contribution in [0, 0.1) is 0 Å². The zero-order chi connectivity index (χ0) is 17.4. The Bertz CT molecular complexity index is 767. The minimum atomic E-state index is -0.509. The maximum atomic E-state index is 12.2. The van der Waals surface area contributed by atoms with Crippen LogP contribution in [0.25, 0.3) is 0 Å². The Balaban J connectivity index is 1.97. The molecule has 24 heavy (non-hydrogen) atoms. The van der Waals surface area contributed by atoms with Crippen molar-refractivity contribution in [2.24, 2.45) is 0 Å². The van der Waals surface area contributed by atoms with Crippen LogP contribution in [0.3, 0.4) is 0 Å². The van der Waals surface area contributed by atoms with E-state index in [0.29, 0.717) is 0 Å². The average Bonchev–Trinajstić information content (AvgIpc) is 2.58. The van der Waals surface area contributed by atoms with Crippen LogP contribution in [0.4, 0.5) is 0 Å². The van der Waals surface area contributed by atoms with Crippen molar-refractivity contribution in [1.82, 2.24) is 19.9 Å². The third-order valence-corrected chi connectivity index (χ3v) is 3.74. The van der Waals surface area contributed by atoms with Crippen LogP contribution in [0.5, 0.6) is 0 Å². The van der Waals surface area contributed by atoms with Crippen LogP contribution in [0.1, 0.15) is 44.2 Å². The molecular weight excluding hydrogens is 308 g/mol. The first-order valence-corrected chi connectivity index (χ1v) is 8.09. The van der Waals surface area contributed by atoms with Gasteiger partial charge in [-0.1, -0.05) is 25.8 Å². The number of carbonyl (C=O) groups is 1. The highest BCUT2D eigenvalue weighted by Crippen LogP contribution is 2.18. The molecule has 2 N–H and O–H groups in total. The van der Waals surface area contributed by atoms with Crippen molar-refractivity contribution in [3.8, 4) is 0 Å². The second kappa shape index (κ2) is 8.81. The number of aryl methyl sites for hydroxylation is 1. The Morgan fingerprint density at radius 2 is 2.21 bits per heavy atom. The molecule has 2 heterocycles. The van der Waals surface area contributed by atoms with E-state index in [1.165, 1.54) is 16.8 Å². The number of pyridine rings is 1. The van der Waals surface area contributed by atoms with Gasteiger partial charge in [0.05, 0.1) is 6.04 Å².